The second-order valence-corrected chi connectivity index (χ2v) is 20.5. The third-order valence-corrected chi connectivity index (χ3v) is 15.8. The van der Waals surface area contributed by atoms with Crippen LogP contribution in [0.5, 0.6) is 5.75 Å². The van der Waals surface area contributed by atoms with Crippen LogP contribution in [-0.2, 0) is 35.9 Å². The van der Waals surface area contributed by atoms with Gasteiger partial charge in [0, 0.05) is 17.7 Å². The van der Waals surface area contributed by atoms with E-state index in [1.165, 1.54) is 35.6 Å². The van der Waals surface area contributed by atoms with E-state index in [1.807, 2.05) is 83.8 Å². The molecule has 76 heavy (non-hydrogen) atoms. The number of aliphatic hydroxyl groups is 2. The highest BCUT2D eigenvalue weighted by Crippen LogP contribution is 2.66. The number of esters is 1. The van der Waals surface area contributed by atoms with Crippen molar-refractivity contribution in [2.24, 2.45) is 5.92 Å². The fourth-order valence-corrected chi connectivity index (χ4v) is 12.4. The number of hydrogen-bond acceptors (Lipinski definition) is 14. The number of para-hydroxylation sites is 1. The van der Waals surface area contributed by atoms with Crippen LogP contribution in [-0.4, -0.2) is 73.8 Å². The lowest BCUT2D eigenvalue weighted by atomic mass is 9.65. The minimum Gasteiger partial charge on any atom is -0.491 e. The molecule has 7 aromatic rings. The number of imide groups is 1. The number of fused-ring (bicyclic) bond motifs is 4. The fourth-order valence-electron chi connectivity index (χ4n) is 11.6. The molecule has 2 saturated heterocycles. The first-order valence-electron chi connectivity index (χ1n) is 25.2. The number of morpholine rings is 1. The zero-order chi connectivity index (χ0) is 52.6. The maximum absolute atomic E-state index is 16.8. The molecule has 6 atom stereocenters. The minimum absolute atomic E-state index is 0.0528. The predicted molar refractivity (Wildman–Crippen MR) is 282 cm³/mol. The van der Waals surface area contributed by atoms with E-state index in [0.717, 1.165) is 35.3 Å². The van der Waals surface area contributed by atoms with Gasteiger partial charge < -0.3 is 29.7 Å². The molecular formula is C59H51N5O11S. The lowest BCUT2D eigenvalue weighted by Crippen LogP contribution is -2.54. The van der Waals surface area contributed by atoms with Gasteiger partial charge in [0.1, 0.15) is 42.1 Å². The summed E-state index contributed by atoms with van der Waals surface area (Å²) in [5.41, 5.74) is -0.328. The molecule has 384 valence electrons. The van der Waals surface area contributed by atoms with Gasteiger partial charge in [0.05, 0.1) is 45.4 Å². The topological polar surface area (TPSA) is 211 Å². The quantitative estimate of drug-likeness (QED) is 0.0363. The molecule has 0 radical (unpaired) electrons. The molecule has 3 aliphatic heterocycles. The van der Waals surface area contributed by atoms with Gasteiger partial charge in [-0.3, -0.25) is 29.4 Å². The van der Waals surface area contributed by atoms with Gasteiger partial charge >= 0.3 is 12.1 Å². The van der Waals surface area contributed by atoms with Gasteiger partial charge in [-0.2, -0.15) is 0 Å². The molecule has 17 heteroatoms. The van der Waals surface area contributed by atoms with Crippen LogP contribution >= 0.6 is 11.3 Å². The van der Waals surface area contributed by atoms with Gasteiger partial charge in [0.25, 0.3) is 5.69 Å². The van der Waals surface area contributed by atoms with Crippen molar-refractivity contribution >= 4 is 61.9 Å². The molecule has 0 unspecified atom stereocenters. The maximum atomic E-state index is 16.8. The number of aliphatic hydroxyl groups excluding tert-OH is 1. The van der Waals surface area contributed by atoms with Crippen molar-refractivity contribution in [1.82, 2.24) is 9.88 Å². The number of amides is 3. The molecule has 3 fully saturated rings. The van der Waals surface area contributed by atoms with Gasteiger partial charge in [-0.05, 0) is 108 Å². The monoisotopic (exact) mass is 1040 g/mol. The number of carbonyl (C=O) groups excluding carboxylic acids is 4. The van der Waals surface area contributed by atoms with E-state index in [2.05, 4.69) is 17.2 Å². The molecule has 3 N–H and O–H groups in total. The SMILES string of the molecule is O=C1O[C@@H](c2ccccc2)[C@@H](c2ccccc2)N2[C@@H](c3cccc(OCCO)c3)[C@]3(C(=O)N(C(=O)OCc4ccc([N+](=O)[O-])cc4)c4ccc(C#CC5(O)CCCCCC5)cc43)[C@@H](C(=O)Nc3nc4ccccc4s3)[C@H]12. The average Bonchev–Trinajstić information content (AvgIpc) is 4.21. The number of thiazole rings is 1. The molecule has 6 aromatic carbocycles. The first kappa shape index (κ1) is 49.9. The summed E-state index contributed by atoms with van der Waals surface area (Å²) in [6.07, 6.45) is 2.33. The number of anilines is 2. The summed E-state index contributed by atoms with van der Waals surface area (Å²) in [6.45, 7) is -0.767. The molecule has 3 amide bonds. The number of non-ortho nitro benzene ring substituents is 1. The van der Waals surface area contributed by atoms with Crippen molar-refractivity contribution in [3.63, 3.8) is 0 Å². The molecule has 0 bridgehead atoms. The smallest absolute Gasteiger partial charge is 0.421 e. The standard InChI is InChI=1S/C59H51N5O11S/c65-32-33-73-43-19-13-18-41(35-43)52-59(44-34-37(28-31-58(70)29-11-1-2-12-30-58)24-27-46(44)62(55(59)68)57(69)74-36-38-22-25-42(26-23-38)64(71)72)48(53(66)61-56-60-45-20-9-10-21-47(45)76-56)50-54(67)75-51(40-16-7-4-8-17-40)49(63(50)52)39-14-5-3-6-15-39/h3-10,13-27,34-35,48-52,65,70H,1-2,11-12,29-30,32-33,36H2,(H,60,61,66)/t48-,49-,50-,51+,52+,59-/m1/s1. The Morgan fingerprint density at radius 1 is 0.829 bits per heavy atom. The van der Waals surface area contributed by atoms with E-state index >= 15 is 19.2 Å². The summed E-state index contributed by atoms with van der Waals surface area (Å²) in [6, 6.07) is 39.4. The molecule has 4 heterocycles. The van der Waals surface area contributed by atoms with Gasteiger partial charge in [0.15, 0.2) is 5.13 Å². The zero-order valence-electron chi connectivity index (χ0n) is 41.0. The summed E-state index contributed by atoms with van der Waals surface area (Å²) < 4.78 is 19.4. The molecular weight excluding hydrogens is 987 g/mol. The first-order valence-corrected chi connectivity index (χ1v) is 26.0. The number of nitrogens with one attached hydrogen (secondary N) is 1. The third-order valence-electron chi connectivity index (χ3n) is 14.9. The average molecular weight is 1040 g/mol. The van der Waals surface area contributed by atoms with Crippen molar-refractivity contribution in [2.45, 2.75) is 80.4 Å². The van der Waals surface area contributed by atoms with E-state index in [9.17, 15) is 20.3 Å². The van der Waals surface area contributed by atoms with E-state index in [1.54, 1.807) is 48.5 Å². The van der Waals surface area contributed by atoms with Gasteiger partial charge in [-0.1, -0.05) is 121 Å². The Kier molecular flexibility index (Phi) is 13.7. The van der Waals surface area contributed by atoms with Crippen molar-refractivity contribution < 1.29 is 48.5 Å². The number of hydrogen-bond donors (Lipinski definition) is 3. The van der Waals surface area contributed by atoms with Crippen molar-refractivity contribution in [1.29, 1.82) is 0 Å². The molecule has 1 aliphatic carbocycles. The molecule has 4 aliphatic rings. The molecule has 1 saturated carbocycles. The van der Waals surface area contributed by atoms with Gasteiger partial charge in [0.2, 0.25) is 11.8 Å². The van der Waals surface area contributed by atoms with Gasteiger partial charge in [-0.25, -0.2) is 14.7 Å². The highest BCUT2D eigenvalue weighted by Gasteiger charge is 2.76. The lowest BCUT2D eigenvalue weighted by Gasteiger charge is -2.46. The molecule has 11 rings (SSSR count). The van der Waals surface area contributed by atoms with Crippen LogP contribution in [0.15, 0.2) is 152 Å². The Hall–Kier alpha value is -8.27. The minimum atomic E-state index is -2.21. The second kappa shape index (κ2) is 20.8. The largest absolute Gasteiger partial charge is 0.491 e. The Labute approximate surface area is 441 Å². The summed E-state index contributed by atoms with van der Waals surface area (Å²) in [7, 11) is 0. The zero-order valence-corrected chi connectivity index (χ0v) is 41.8. The Morgan fingerprint density at radius 2 is 1.53 bits per heavy atom. The van der Waals surface area contributed by atoms with Crippen molar-refractivity contribution in [2.75, 3.05) is 23.4 Å². The number of ether oxygens (including phenoxy) is 3. The molecule has 1 aromatic heterocycles. The number of carbonyl (C=O) groups is 4. The third kappa shape index (κ3) is 9.12. The highest BCUT2D eigenvalue weighted by molar-refractivity contribution is 7.22. The number of cyclic esters (lactones) is 1. The summed E-state index contributed by atoms with van der Waals surface area (Å²) in [4.78, 5) is 82.0. The van der Waals surface area contributed by atoms with Gasteiger partial charge in [-0.15, -0.1) is 0 Å². The summed E-state index contributed by atoms with van der Waals surface area (Å²) >= 11 is 1.21. The number of aromatic nitrogens is 1. The Morgan fingerprint density at radius 3 is 2.24 bits per heavy atom. The summed E-state index contributed by atoms with van der Waals surface area (Å²) in [5, 5.41) is 36.4. The van der Waals surface area contributed by atoms with Crippen LogP contribution in [0.25, 0.3) is 10.2 Å². The van der Waals surface area contributed by atoms with Crippen LogP contribution in [0.1, 0.15) is 90.1 Å². The van der Waals surface area contributed by atoms with Crippen molar-refractivity contribution in [3.8, 4) is 17.6 Å². The van der Waals surface area contributed by atoms with E-state index in [0.29, 0.717) is 51.9 Å². The summed E-state index contributed by atoms with van der Waals surface area (Å²) in [5.74, 6) is 2.51. The van der Waals surface area contributed by atoms with Crippen LogP contribution in [0, 0.1) is 27.9 Å². The molecule has 1 spiro atoms. The number of benzene rings is 6. The maximum Gasteiger partial charge on any atom is 0.421 e. The number of nitro groups is 1. The van der Waals surface area contributed by atoms with E-state index in [4.69, 9.17) is 19.2 Å². The number of nitrogens with zero attached hydrogens (tertiary/aromatic N) is 4. The fraction of sp³-hybridized carbons (Fsp3) is 0.271. The lowest BCUT2D eigenvalue weighted by molar-refractivity contribution is -0.384. The predicted octanol–water partition coefficient (Wildman–Crippen LogP) is 9.65. The highest BCUT2D eigenvalue weighted by atomic mass is 32.1. The Balaban J connectivity index is 1.17. The van der Waals surface area contributed by atoms with Crippen LogP contribution < -0.4 is 15.0 Å². The first-order chi connectivity index (χ1) is 37.0. The van der Waals surface area contributed by atoms with E-state index in [-0.39, 0.29) is 35.3 Å². The number of rotatable bonds is 11. The Bertz CT molecular complexity index is 3390. The van der Waals surface area contributed by atoms with Crippen LogP contribution in [0.4, 0.5) is 21.3 Å². The molecule has 16 nitrogen and oxygen atoms in total. The van der Waals surface area contributed by atoms with Crippen LogP contribution in [0.3, 0.4) is 0 Å². The number of nitro benzene ring substituents is 1. The normalized spacial score (nSPS) is 22.7. The van der Waals surface area contributed by atoms with Crippen LogP contribution in [0.2, 0.25) is 0 Å². The van der Waals surface area contributed by atoms with Crippen molar-refractivity contribution in [3.05, 3.63) is 195 Å². The second-order valence-electron chi connectivity index (χ2n) is 19.4. The van der Waals surface area contributed by atoms with E-state index < -0.39 is 76.6 Å².